The van der Waals surface area contributed by atoms with E-state index in [0.29, 0.717) is 6.26 Å². The minimum atomic E-state index is -0.700. The van der Waals surface area contributed by atoms with Gasteiger partial charge in [0.15, 0.2) is 0 Å². The minimum absolute atomic E-state index is 0.00176. The van der Waals surface area contributed by atoms with Crippen molar-refractivity contribution in [2.45, 2.75) is 6.92 Å². The molecule has 0 radical (unpaired) electrons. The van der Waals surface area contributed by atoms with Crippen molar-refractivity contribution in [3.8, 4) is 5.75 Å². The summed E-state index contributed by atoms with van der Waals surface area (Å²) < 4.78 is 4.66. The lowest BCUT2D eigenvalue weighted by Crippen LogP contribution is -2.20. The first-order valence-corrected chi connectivity index (χ1v) is 6.85. The van der Waals surface area contributed by atoms with Gasteiger partial charge >= 0.3 is 5.97 Å². The molecule has 1 heterocycles. The van der Waals surface area contributed by atoms with Crippen LogP contribution in [0.1, 0.15) is 15.9 Å². The Balaban J connectivity index is 2.66. The van der Waals surface area contributed by atoms with Crippen LogP contribution < -0.4 is 16.1 Å². The molecule has 3 rings (SSSR count). The molecule has 24 heavy (non-hydrogen) atoms. The van der Waals surface area contributed by atoms with Crippen molar-refractivity contribution in [1.29, 1.82) is 0 Å². The summed E-state index contributed by atoms with van der Waals surface area (Å²) in [5, 5.41) is 19.3. The number of esters is 1. The van der Waals surface area contributed by atoms with Crippen LogP contribution in [0.4, 0.5) is 0 Å². The molecule has 0 fully saturated rings. The summed E-state index contributed by atoms with van der Waals surface area (Å²) >= 11 is 0. The van der Waals surface area contributed by atoms with Crippen LogP contribution in [0, 0.1) is 6.92 Å². The molecule has 0 aliphatic carbocycles. The number of hydrogen-bond acceptors (Lipinski definition) is 7. The van der Waals surface area contributed by atoms with Crippen LogP contribution in [0.2, 0.25) is 0 Å². The summed E-state index contributed by atoms with van der Waals surface area (Å²) in [5.41, 5.74) is -1.20. The van der Waals surface area contributed by atoms with Crippen molar-refractivity contribution in [1.82, 2.24) is 9.97 Å². The number of aliphatic hydroxyl groups excluding tert-OH is 1. The highest BCUT2D eigenvalue weighted by Crippen LogP contribution is 2.17. The average Bonchev–Trinajstić information content (AvgIpc) is 2.59. The molecule has 0 amide bonds. The highest BCUT2D eigenvalue weighted by Gasteiger charge is 2.18. The number of aromatic amines is 1. The quantitative estimate of drug-likeness (QED) is 0.431. The first-order valence-electron chi connectivity index (χ1n) is 6.85. The van der Waals surface area contributed by atoms with Crippen LogP contribution in [0.25, 0.3) is 28.3 Å². The van der Waals surface area contributed by atoms with Gasteiger partial charge in [-0.05, 0) is 19.1 Å². The molecule has 122 valence electrons. The summed E-state index contributed by atoms with van der Waals surface area (Å²) in [6, 6.07) is 2.42. The first-order chi connectivity index (χ1) is 11.4. The largest absolute Gasteiger partial charge is 0.515 e. The van der Waals surface area contributed by atoms with E-state index in [4.69, 9.17) is 0 Å². The lowest BCUT2D eigenvalue weighted by Gasteiger charge is -2.08. The summed E-state index contributed by atoms with van der Waals surface area (Å²) in [5.74, 6) is -1.12. The number of ether oxygens (including phenoxy) is 1. The average molecular weight is 328 g/mol. The number of H-pyrrole nitrogens is 1. The molecule has 0 spiro atoms. The summed E-state index contributed by atoms with van der Waals surface area (Å²) in [6.45, 7) is 1.38. The molecule has 3 N–H and O–H groups in total. The van der Waals surface area contributed by atoms with Crippen LogP contribution in [-0.4, -0.2) is 33.3 Å². The van der Waals surface area contributed by atoms with Crippen LogP contribution >= 0.6 is 0 Å². The Hall–Kier alpha value is -3.42. The SMILES string of the molecule is COC(=O)c1ccc(=O)c2nc3c(=CO)c(O)c(C)c(=O)c3[nH]c12. The third-order valence-corrected chi connectivity index (χ3v) is 3.82. The van der Waals surface area contributed by atoms with Crippen molar-refractivity contribution >= 4 is 34.3 Å². The number of nitrogens with zero attached hydrogens (tertiary/aromatic N) is 1. The maximum absolute atomic E-state index is 12.4. The fraction of sp³-hybridized carbons (Fsp3) is 0.125. The molecule has 3 aromatic rings. The third kappa shape index (κ3) is 2.00. The molecule has 0 aliphatic rings. The Labute approximate surface area is 133 Å². The van der Waals surface area contributed by atoms with Gasteiger partial charge in [0.05, 0.1) is 29.7 Å². The summed E-state index contributed by atoms with van der Waals surface area (Å²) in [6.07, 6.45) is 0.603. The highest BCUT2D eigenvalue weighted by atomic mass is 16.5. The third-order valence-electron chi connectivity index (χ3n) is 3.82. The predicted molar refractivity (Wildman–Crippen MR) is 86.2 cm³/mol. The summed E-state index contributed by atoms with van der Waals surface area (Å²) in [4.78, 5) is 43.1. The second kappa shape index (κ2) is 5.34. The van der Waals surface area contributed by atoms with E-state index < -0.39 is 22.6 Å². The van der Waals surface area contributed by atoms with E-state index in [-0.39, 0.29) is 38.4 Å². The van der Waals surface area contributed by atoms with Gasteiger partial charge in [0.25, 0.3) is 0 Å². The first kappa shape index (κ1) is 15.5. The number of aromatic hydroxyl groups is 1. The van der Waals surface area contributed by atoms with Crippen molar-refractivity contribution in [3.05, 3.63) is 48.9 Å². The van der Waals surface area contributed by atoms with Gasteiger partial charge in [0.1, 0.15) is 22.3 Å². The van der Waals surface area contributed by atoms with Crippen LogP contribution in [0.3, 0.4) is 0 Å². The van der Waals surface area contributed by atoms with E-state index in [1.54, 1.807) is 0 Å². The number of rotatable bonds is 1. The molecular weight excluding hydrogens is 316 g/mol. The van der Waals surface area contributed by atoms with Crippen LogP contribution in [-0.2, 0) is 4.74 Å². The standard InChI is InChI=1S/C16H12N2O6/c1-6-14(21)8(5-19)11-13(15(6)22)18-10-7(16(23)24-2)3-4-9(20)12(10)17-11/h3-5,18-19,21H,1-2H3. The molecule has 8 nitrogen and oxygen atoms in total. The number of benzene rings is 2. The topological polar surface area (TPSA) is 130 Å². The number of nitrogens with one attached hydrogen (secondary N) is 1. The zero-order chi connectivity index (χ0) is 17.6. The maximum Gasteiger partial charge on any atom is 0.340 e. The molecule has 0 bridgehead atoms. The second-order valence-electron chi connectivity index (χ2n) is 5.13. The van der Waals surface area contributed by atoms with Crippen LogP contribution in [0.5, 0.6) is 5.75 Å². The number of phenols is 1. The van der Waals surface area contributed by atoms with Gasteiger partial charge in [-0.15, -0.1) is 0 Å². The Morgan fingerprint density at radius 1 is 1.25 bits per heavy atom. The molecule has 0 saturated heterocycles. The smallest absolute Gasteiger partial charge is 0.340 e. The van der Waals surface area contributed by atoms with E-state index in [9.17, 15) is 24.6 Å². The van der Waals surface area contributed by atoms with E-state index in [0.717, 1.165) is 6.07 Å². The molecule has 8 heteroatoms. The van der Waals surface area contributed by atoms with E-state index >= 15 is 0 Å². The molecule has 0 saturated carbocycles. The van der Waals surface area contributed by atoms with Crippen molar-refractivity contribution in [3.63, 3.8) is 0 Å². The normalized spacial score (nSPS) is 12.0. The Kier molecular flexibility index (Phi) is 3.44. The summed E-state index contributed by atoms with van der Waals surface area (Å²) in [7, 11) is 1.19. The maximum atomic E-state index is 12.4. The lowest BCUT2D eigenvalue weighted by molar-refractivity contribution is 0.0602. The minimum Gasteiger partial charge on any atom is -0.515 e. The highest BCUT2D eigenvalue weighted by molar-refractivity contribution is 6.03. The number of fused-ring (bicyclic) bond motifs is 2. The number of aromatic nitrogens is 2. The molecule has 0 aliphatic heterocycles. The van der Waals surface area contributed by atoms with Gasteiger partial charge in [0.2, 0.25) is 10.9 Å². The van der Waals surface area contributed by atoms with E-state index in [1.807, 2.05) is 0 Å². The van der Waals surface area contributed by atoms with Gasteiger partial charge in [-0.25, -0.2) is 9.78 Å². The number of phenolic OH excluding ortho intramolecular Hbond substituents is 1. The van der Waals surface area contributed by atoms with Crippen molar-refractivity contribution in [2.24, 2.45) is 0 Å². The number of carbonyl (C=O) groups is 1. The number of methoxy groups -OCH3 is 1. The Bertz CT molecular complexity index is 1180. The fourth-order valence-electron chi connectivity index (χ4n) is 2.53. The second-order valence-corrected chi connectivity index (χ2v) is 5.13. The van der Waals surface area contributed by atoms with E-state index in [2.05, 4.69) is 14.7 Å². The van der Waals surface area contributed by atoms with E-state index in [1.165, 1.54) is 20.1 Å². The zero-order valence-electron chi connectivity index (χ0n) is 12.7. The lowest BCUT2D eigenvalue weighted by atomic mass is 10.1. The van der Waals surface area contributed by atoms with Gasteiger partial charge in [0, 0.05) is 5.56 Å². The van der Waals surface area contributed by atoms with Gasteiger partial charge in [-0.2, -0.15) is 0 Å². The molecule has 1 aromatic heterocycles. The Morgan fingerprint density at radius 2 is 1.96 bits per heavy atom. The predicted octanol–water partition coefficient (Wildman–Crippen LogP) is 0.252. The molecule has 0 atom stereocenters. The monoisotopic (exact) mass is 328 g/mol. The van der Waals surface area contributed by atoms with Crippen molar-refractivity contribution in [2.75, 3.05) is 7.11 Å². The van der Waals surface area contributed by atoms with Gasteiger partial charge < -0.3 is 19.9 Å². The Morgan fingerprint density at radius 3 is 2.58 bits per heavy atom. The molecule has 0 unspecified atom stereocenters. The van der Waals surface area contributed by atoms with Gasteiger partial charge in [-0.3, -0.25) is 9.59 Å². The van der Waals surface area contributed by atoms with Gasteiger partial charge in [-0.1, -0.05) is 0 Å². The zero-order valence-corrected chi connectivity index (χ0v) is 12.7. The number of aliphatic hydroxyl groups is 1. The van der Waals surface area contributed by atoms with Crippen LogP contribution in [0.15, 0.2) is 21.7 Å². The molecular formula is C16H12N2O6. The fourth-order valence-corrected chi connectivity index (χ4v) is 2.53. The number of carbonyl (C=O) groups excluding carboxylic acids is 1. The molecule has 2 aromatic carbocycles. The number of hydrogen-bond donors (Lipinski definition) is 3. The van der Waals surface area contributed by atoms with Crippen molar-refractivity contribution < 1.29 is 19.7 Å².